The van der Waals surface area contributed by atoms with Crippen LogP contribution >= 0.6 is 31.1 Å². The fraction of sp³-hybridized carbons (Fsp3) is 0.487. The van der Waals surface area contributed by atoms with Crippen LogP contribution in [0.1, 0.15) is 18.7 Å². The van der Waals surface area contributed by atoms with E-state index in [9.17, 15) is 62.4 Å². The van der Waals surface area contributed by atoms with Crippen molar-refractivity contribution in [2.24, 2.45) is 13.0 Å². The van der Waals surface area contributed by atoms with Crippen molar-refractivity contribution in [1.29, 1.82) is 0 Å². The Balaban J connectivity index is 0.902. The molecule has 16 atom stereocenters. The molecule has 0 aliphatic carbocycles. The van der Waals surface area contributed by atoms with Crippen molar-refractivity contribution in [1.82, 2.24) is 43.6 Å². The predicted octanol–water partition coefficient (Wildman–Crippen LogP) is -2.45. The van der Waals surface area contributed by atoms with Gasteiger partial charge in [0.25, 0.3) is 17.1 Å². The standard InChI is InChI=1S/C39H50N12O24P4/c1-48-17-51(33-25(48)34(55)47-38(41)46-33)35-26(53)19(11-65-2)20(71-35)12-68-77(59,60)74-79(63,64)75-78(61,62)69-14-22-30(29(66-3)37(73-22)50-16-44-24-31(40)42-15-43-32(24)50)76(57,58)67-13-21-27(54)28(70-18-7-5-4-6-8-18)36(72-21)49-10-9-23(52)45-39(49)56/h4-10,15-17,19-22,26-30,35-37,53-54H,11-14H2,1-3H3,(H9-,40,41,42,43,45,46,47,52,55,56,57,58,59,60,61,62,63,64)/t19-,20-,21-,22?,26-,27-,28-,29-,30-,35-,36-,37-/m1/s1. The van der Waals surface area contributed by atoms with Gasteiger partial charge in [-0.05, 0) is 12.1 Å². The monoisotopic (exact) mass is 1190 g/mol. The second kappa shape index (κ2) is 22.8. The lowest BCUT2D eigenvalue weighted by atomic mass is 9.99. The van der Waals surface area contributed by atoms with Crippen molar-refractivity contribution in [2.75, 3.05) is 52.1 Å². The number of hydrogen-bond donors (Lipinski definition) is 9. The molecular formula is C39H50N12O24P4. The number of rotatable bonds is 22. The molecular weight excluding hydrogens is 1140 g/mol. The van der Waals surface area contributed by atoms with Crippen LogP contribution in [-0.4, -0.2) is 158 Å². The Morgan fingerprint density at radius 3 is 2.11 bits per heavy atom. The first kappa shape index (κ1) is 58.1. The van der Waals surface area contributed by atoms with Crippen LogP contribution in [0.5, 0.6) is 5.75 Å². The first-order valence-corrected chi connectivity index (χ1v) is 29.1. The Labute approximate surface area is 441 Å². The molecule has 79 heavy (non-hydrogen) atoms. The van der Waals surface area contributed by atoms with E-state index in [0.29, 0.717) is 0 Å². The highest BCUT2D eigenvalue weighted by atomic mass is 31.3. The highest BCUT2D eigenvalue weighted by Gasteiger charge is 2.55. The zero-order valence-electron chi connectivity index (χ0n) is 41.0. The molecule has 0 amide bonds. The van der Waals surface area contributed by atoms with E-state index in [2.05, 4.69) is 38.5 Å². The number of aryl methyl sites for hydroxylation is 1. The van der Waals surface area contributed by atoms with Gasteiger partial charge in [0.05, 0.1) is 57.7 Å². The second-order valence-corrected chi connectivity index (χ2v) is 24.3. The number of methoxy groups -OCH3 is 2. The number of aliphatic hydroxyl groups excluding tert-OH is 2. The number of aromatic amines is 2. The summed E-state index contributed by atoms with van der Waals surface area (Å²) in [5.74, 6) is -1.21. The number of ether oxygens (including phenoxy) is 6. The number of para-hydroxylation sites is 1. The number of nitrogen functional groups attached to an aromatic ring is 2. The normalized spacial score (nSPS) is 29.3. The van der Waals surface area contributed by atoms with Crippen molar-refractivity contribution < 1.29 is 103 Å². The van der Waals surface area contributed by atoms with Gasteiger partial charge in [0.2, 0.25) is 11.7 Å². The molecule has 0 spiro atoms. The number of aromatic nitrogens is 10. The first-order valence-electron chi connectivity index (χ1n) is 23.0. The van der Waals surface area contributed by atoms with Crippen molar-refractivity contribution in [2.45, 2.75) is 67.1 Å². The maximum atomic E-state index is 14.5. The summed E-state index contributed by atoms with van der Waals surface area (Å²) in [6.45, 7) is -3.55. The average molecular weight is 1190 g/mol. The summed E-state index contributed by atoms with van der Waals surface area (Å²) in [5, 5.41) is 22.8. The SMILES string of the molecule is COC[C@H]1[C@@H](O)[C@H]([n+]2cn(C)c3c(=O)[nH]c(N)nc32)O[C@@H]1COP(=O)(O)OP(=O)(O)OP(=O)(O)OCC1O[C@@H](n2cnc3c(N)ncnc32)[C@H](OC)[C@@H]1P(=O)([O-])OC[C@H]1O[C@@H](n2ccc(=O)[nH]c2=O)[C@H](Oc2ccccc2)[C@@H]1O. The topological polar surface area (TPSA) is 499 Å². The number of anilines is 2. The molecule has 6 aromatic rings. The maximum absolute atomic E-state index is 14.5. The molecule has 9 rings (SSSR count). The van der Waals surface area contributed by atoms with Crippen molar-refractivity contribution in [3.8, 4) is 5.75 Å². The predicted molar refractivity (Wildman–Crippen MR) is 259 cm³/mol. The zero-order chi connectivity index (χ0) is 56.9. The number of benzene rings is 1. The number of phosphoric ester groups is 2. The summed E-state index contributed by atoms with van der Waals surface area (Å²) in [6, 6.07) is 8.93. The molecule has 3 aliphatic heterocycles. The molecule has 5 aromatic heterocycles. The lowest BCUT2D eigenvalue weighted by molar-refractivity contribution is -0.745. The van der Waals surface area contributed by atoms with Gasteiger partial charge in [-0.25, -0.2) is 38.0 Å². The van der Waals surface area contributed by atoms with Crippen LogP contribution in [0.25, 0.3) is 22.3 Å². The van der Waals surface area contributed by atoms with Crippen LogP contribution in [0.15, 0.2) is 76.0 Å². The van der Waals surface area contributed by atoms with E-state index in [1.807, 2.05) is 0 Å². The first-order chi connectivity index (χ1) is 37.3. The Morgan fingerprint density at radius 2 is 1.44 bits per heavy atom. The smallest absolute Gasteiger partial charge is 0.490 e. The molecule has 36 nitrogen and oxygen atoms in total. The van der Waals surface area contributed by atoms with E-state index in [-0.39, 0.29) is 46.5 Å². The minimum absolute atomic E-state index is 0.0173. The van der Waals surface area contributed by atoms with Gasteiger partial charge in [0, 0.05) is 32.4 Å². The zero-order valence-corrected chi connectivity index (χ0v) is 44.6. The number of fused-ring (bicyclic) bond motifs is 2. The van der Waals surface area contributed by atoms with E-state index in [0.717, 1.165) is 36.6 Å². The second-order valence-electron chi connectivity index (χ2n) is 17.7. The number of nitrogens with zero attached hydrogens (tertiary/aromatic N) is 8. The van der Waals surface area contributed by atoms with Gasteiger partial charge in [-0.3, -0.25) is 42.3 Å². The molecule has 430 valence electrons. The summed E-state index contributed by atoms with van der Waals surface area (Å²) in [6.07, 6.45) is -11.0. The fourth-order valence-electron chi connectivity index (χ4n) is 9.23. The minimum atomic E-state index is -6.21. The number of nitrogens with two attached hydrogens (primary N) is 2. The van der Waals surface area contributed by atoms with Gasteiger partial charge < -0.3 is 78.8 Å². The Kier molecular flexibility index (Phi) is 16.8. The van der Waals surface area contributed by atoms with Crippen molar-refractivity contribution >= 4 is 65.2 Å². The van der Waals surface area contributed by atoms with E-state index in [4.69, 9.17) is 53.5 Å². The molecule has 0 bridgehead atoms. The number of H-pyrrole nitrogens is 2. The number of phosphoric acid groups is 3. The van der Waals surface area contributed by atoms with Crippen molar-refractivity contribution in [3.05, 3.63) is 92.8 Å². The summed E-state index contributed by atoms with van der Waals surface area (Å²) >= 11 is 0. The average Bonchev–Trinajstić information content (AvgIpc) is 4.35. The lowest BCUT2D eigenvalue weighted by Gasteiger charge is -2.35. The Morgan fingerprint density at radius 1 is 0.785 bits per heavy atom. The Hall–Kier alpha value is -5.52. The van der Waals surface area contributed by atoms with Gasteiger partial charge in [-0.2, -0.15) is 8.62 Å². The summed E-state index contributed by atoms with van der Waals surface area (Å²) < 4.78 is 117. The van der Waals surface area contributed by atoms with Gasteiger partial charge in [-0.15, -0.1) is 0 Å². The summed E-state index contributed by atoms with van der Waals surface area (Å²) in [5.41, 5.74) is 7.30. The molecule has 8 heterocycles. The third-order valence-corrected chi connectivity index (χ3v) is 18.8. The third kappa shape index (κ3) is 12.2. The van der Waals surface area contributed by atoms with Crippen LogP contribution in [0.3, 0.4) is 0 Å². The molecule has 3 aliphatic rings. The van der Waals surface area contributed by atoms with Crippen LogP contribution in [0, 0.1) is 5.92 Å². The maximum Gasteiger partial charge on any atom is 0.490 e. The largest absolute Gasteiger partial charge is 0.778 e. The van der Waals surface area contributed by atoms with E-state index in [1.165, 1.54) is 46.3 Å². The molecule has 3 saturated heterocycles. The molecule has 5 unspecified atom stereocenters. The summed E-state index contributed by atoms with van der Waals surface area (Å²) in [4.78, 5) is 104. The van der Waals surface area contributed by atoms with Crippen molar-refractivity contribution in [3.63, 3.8) is 0 Å². The number of nitrogens with one attached hydrogen (secondary N) is 2. The van der Waals surface area contributed by atoms with E-state index < -0.39 is 141 Å². The Bertz CT molecular complexity index is 3590. The van der Waals surface area contributed by atoms with Gasteiger partial charge in [0.1, 0.15) is 49.6 Å². The minimum Gasteiger partial charge on any atom is -0.778 e. The molecule has 0 saturated carbocycles. The molecule has 0 radical (unpaired) electrons. The highest BCUT2D eigenvalue weighted by molar-refractivity contribution is 7.66. The highest BCUT2D eigenvalue weighted by Crippen LogP contribution is 2.68. The summed E-state index contributed by atoms with van der Waals surface area (Å²) in [7, 11) is -19.8. The van der Waals surface area contributed by atoms with E-state index in [1.54, 1.807) is 18.2 Å². The number of aliphatic hydroxyl groups is 2. The van der Waals surface area contributed by atoms with Gasteiger partial charge in [0.15, 0.2) is 36.4 Å². The number of imidazole rings is 2. The fourth-order valence-corrected chi connectivity index (χ4v) is 14.5. The number of hydrogen-bond acceptors (Lipinski definition) is 27. The van der Waals surface area contributed by atoms with Gasteiger partial charge >= 0.3 is 34.8 Å². The van der Waals surface area contributed by atoms with Crippen LogP contribution in [0.4, 0.5) is 11.8 Å². The molecule has 3 fully saturated rings. The van der Waals surface area contributed by atoms with Crippen LogP contribution in [0.2, 0.25) is 0 Å². The molecule has 11 N–H and O–H groups in total. The van der Waals surface area contributed by atoms with Gasteiger partial charge in [-0.1, -0.05) is 23.2 Å². The van der Waals surface area contributed by atoms with Crippen LogP contribution in [-0.2, 0) is 71.2 Å². The molecule has 1 aromatic carbocycles. The lowest BCUT2D eigenvalue weighted by Crippen LogP contribution is -2.45. The third-order valence-electron chi connectivity index (χ3n) is 12.6. The molecule has 40 heteroatoms. The van der Waals surface area contributed by atoms with Crippen LogP contribution < -0.4 is 42.5 Å². The van der Waals surface area contributed by atoms with E-state index >= 15 is 0 Å². The quantitative estimate of drug-likeness (QED) is 0.0252.